The van der Waals surface area contributed by atoms with Crippen molar-refractivity contribution < 1.29 is 13.5 Å². The molecule has 0 spiro atoms. The van der Waals surface area contributed by atoms with Crippen LogP contribution in [0.2, 0.25) is 5.02 Å². The van der Waals surface area contributed by atoms with Gasteiger partial charge in [-0.25, -0.2) is 0 Å². The first-order valence-electron chi connectivity index (χ1n) is 5.47. The lowest BCUT2D eigenvalue weighted by Gasteiger charge is -2.18. The standard InChI is InChI=1S/C11H12BrClF2N2O/c12-8-3-6(13)4-9(10(8)18-11(14)15)17-7-1-2-16-5-7/h3-4,7,11,16-17H,1-2,5H2. The smallest absolute Gasteiger partial charge is 0.387 e. The molecule has 1 aromatic carbocycles. The highest BCUT2D eigenvalue weighted by molar-refractivity contribution is 9.10. The second-order valence-corrected chi connectivity index (χ2v) is 5.27. The number of benzene rings is 1. The largest absolute Gasteiger partial charge is 0.431 e. The summed E-state index contributed by atoms with van der Waals surface area (Å²) < 4.78 is 29.7. The first kappa shape index (κ1) is 13.8. The molecule has 2 N–H and O–H groups in total. The molecule has 1 unspecified atom stereocenters. The molecule has 1 atom stereocenters. The van der Waals surface area contributed by atoms with E-state index in [4.69, 9.17) is 11.6 Å². The minimum Gasteiger partial charge on any atom is -0.431 e. The number of rotatable bonds is 4. The Morgan fingerprint density at radius 1 is 1.50 bits per heavy atom. The minimum absolute atomic E-state index is 0.0845. The maximum atomic E-state index is 12.4. The lowest BCUT2D eigenvalue weighted by molar-refractivity contribution is -0.0498. The molecule has 2 rings (SSSR count). The van der Waals surface area contributed by atoms with E-state index in [1.54, 1.807) is 6.07 Å². The average molecular weight is 342 g/mol. The van der Waals surface area contributed by atoms with E-state index in [0.717, 1.165) is 19.5 Å². The zero-order chi connectivity index (χ0) is 13.1. The first-order chi connectivity index (χ1) is 8.56. The molecule has 1 fully saturated rings. The molecule has 0 saturated carbocycles. The molecule has 0 amide bonds. The van der Waals surface area contributed by atoms with Crippen LogP contribution in [0.25, 0.3) is 0 Å². The summed E-state index contributed by atoms with van der Waals surface area (Å²) in [6.45, 7) is -1.17. The number of nitrogens with one attached hydrogen (secondary N) is 2. The van der Waals surface area contributed by atoms with Gasteiger partial charge in [0.1, 0.15) is 0 Å². The van der Waals surface area contributed by atoms with Gasteiger partial charge in [-0.05, 0) is 41.0 Å². The van der Waals surface area contributed by atoms with Gasteiger partial charge >= 0.3 is 6.61 Å². The van der Waals surface area contributed by atoms with Crippen molar-refractivity contribution in [3.63, 3.8) is 0 Å². The number of anilines is 1. The molecule has 7 heteroatoms. The Kier molecular flexibility index (Phi) is 4.64. The van der Waals surface area contributed by atoms with E-state index in [2.05, 4.69) is 31.3 Å². The van der Waals surface area contributed by atoms with E-state index in [-0.39, 0.29) is 11.8 Å². The van der Waals surface area contributed by atoms with Gasteiger partial charge in [0.2, 0.25) is 0 Å². The van der Waals surface area contributed by atoms with Crippen LogP contribution in [-0.4, -0.2) is 25.7 Å². The van der Waals surface area contributed by atoms with Gasteiger partial charge in [0.05, 0.1) is 10.2 Å². The Hall–Kier alpha value is -0.590. The lowest BCUT2D eigenvalue weighted by Crippen LogP contribution is -2.22. The Bertz CT molecular complexity index is 428. The molecular formula is C11H12BrClF2N2O. The summed E-state index contributed by atoms with van der Waals surface area (Å²) in [4.78, 5) is 0. The van der Waals surface area contributed by atoms with Crippen LogP contribution in [0, 0.1) is 0 Å². The molecule has 100 valence electrons. The summed E-state index contributed by atoms with van der Waals surface area (Å²) in [5, 5.41) is 6.80. The number of hydrogen-bond donors (Lipinski definition) is 2. The van der Waals surface area contributed by atoms with Crippen LogP contribution in [0.3, 0.4) is 0 Å². The molecular weight excluding hydrogens is 329 g/mol. The normalized spacial score (nSPS) is 19.3. The van der Waals surface area contributed by atoms with Crippen LogP contribution in [-0.2, 0) is 0 Å². The fraction of sp³-hybridized carbons (Fsp3) is 0.455. The van der Waals surface area contributed by atoms with Gasteiger partial charge in [0.15, 0.2) is 5.75 Å². The third kappa shape index (κ3) is 3.46. The fourth-order valence-electron chi connectivity index (χ4n) is 1.87. The maximum Gasteiger partial charge on any atom is 0.387 e. The predicted molar refractivity (Wildman–Crippen MR) is 70.7 cm³/mol. The van der Waals surface area contributed by atoms with E-state index in [9.17, 15) is 8.78 Å². The molecule has 1 aliphatic rings. The van der Waals surface area contributed by atoms with E-state index in [1.807, 2.05) is 0 Å². The second-order valence-electron chi connectivity index (χ2n) is 3.98. The highest BCUT2D eigenvalue weighted by Gasteiger charge is 2.19. The SMILES string of the molecule is FC(F)Oc1c(Br)cc(Cl)cc1NC1CCNC1. The van der Waals surface area contributed by atoms with Crippen LogP contribution in [0.4, 0.5) is 14.5 Å². The van der Waals surface area contributed by atoms with E-state index >= 15 is 0 Å². The van der Waals surface area contributed by atoms with Crippen LogP contribution >= 0.6 is 27.5 Å². The average Bonchev–Trinajstić information content (AvgIpc) is 2.75. The van der Waals surface area contributed by atoms with Crippen molar-refractivity contribution in [3.8, 4) is 5.75 Å². The molecule has 1 aromatic rings. The number of alkyl halides is 2. The summed E-state index contributed by atoms with van der Waals surface area (Å²) in [6.07, 6.45) is 0.929. The number of ether oxygens (including phenoxy) is 1. The quantitative estimate of drug-likeness (QED) is 0.880. The summed E-state index contributed by atoms with van der Waals surface area (Å²) in [5.74, 6) is 0.0845. The van der Waals surface area contributed by atoms with Gasteiger partial charge in [0, 0.05) is 17.6 Å². The topological polar surface area (TPSA) is 33.3 Å². The molecule has 0 bridgehead atoms. The first-order valence-corrected chi connectivity index (χ1v) is 6.64. The molecule has 0 aliphatic carbocycles. The molecule has 1 aliphatic heterocycles. The van der Waals surface area contributed by atoms with Gasteiger partial charge in [-0.2, -0.15) is 8.78 Å². The predicted octanol–water partition coefficient (Wildman–Crippen LogP) is 3.48. The molecule has 1 saturated heterocycles. The van der Waals surface area contributed by atoms with E-state index in [0.29, 0.717) is 15.2 Å². The van der Waals surface area contributed by atoms with E-state index in [1.165, 1.54) is 6.07 Å². The van der Waals surface area contributed by atoms with Crippen molar-refractivity contribution in [1.29, 1.82) is 0 Å². The third-order valence-electron chi connectivity index (χ3n) is 2.64. The van der Waals surface area contributed by atoms with Gasteiger partial charge in [0.25, 0.3) is 0 Å². The molecule has 0 aromatic heterocycles. The second kappa shape index (κ2) is 6.04. The van der Waals surface area contributed by atoms with Gasteiger partial charge in [-0.1, -0.05) is 11.6 Å². The van der Waals surface area contributed by atoms with Gasteiger partial charge < -0.3 is 15.4 Å². The Balaban J connectivity index is 2.24. The molecule has 1 heterocycles. The highest BCUT2D eigenvalue weighted by Crippen LogP contribution is 2.38. The van der Waals surface area contributed by atoms with Crippen molar-refractivity contribution in [1.82, 2.24) is 5.32 Å². The van der Waals surface area contributed by atoms with Crippen molar-refractivity contribution in [2.24, 2.45) is 0 Å². The number of halogens is 4. The maximum absolute atomic E-state index is 12.4. The minimum atomic E-state index is -2.87. The fourth-order valence-corrected chi connectivity index (χ4v) is 2.78. The summed E-state index contributed by atoms with van der Waals surface area (Å²) in [7, 11) is 0. The number of hydrogen-bond acceptors (Lipinski definition) is 3. The van der Waals surface area contributed by atoms with Crippen molar-refractivity contribution in [2.45, 2.75) is 19.1 Å². The van der Waals surface area contributed by atoms with Crippen molar-refractivity contribution >= 4 is 33.2 Å². The lowest BCUT2D eigenvalue weighted by atomic mass is 10.2. The third-order valence-corrected chi connectivity index (χ3v) is 3.44. The summed E-state index contributed by atoms with van der Waals surface area (Å²) in [5.41, 5.74) is 0.475. The molecule has 0 radical (unpaired) electrons. The van der Waals surface area contributed by atoms with Crippen molar-refractivity contribution in [2.75, 3.05) is 18.4 Å². The van der Waals surface area contributed by atoms with Crippen LogP contribution < -0.4 is 15.4 Å². The van der Waals surface area contributed by atoms with Crippen LogP contribution in [0.15, 0.2) is 16.6 Å². The zero-order valence-corrected chi connectivity index (χ0v) is 11.7. The molecule has 3 nitrogen and oxygen atoms in total. The van der Waals surface area contributed by atoms with Gasteiger partial charge in [-0.3, -0.25) is 0 Å². The van der Waals surface area contributed by atoms with E-state index < -0.39 is 6.61 Å². The van der Waals surface area contributed by atoms with Crippen LogP contribution in [0.5, 0.6) is 5.75 Å². The van der Waals surface area contributed by atoms with Crippen molar-refractivity contribution in [3.05, 3.63) is 21.6 Å². The Labute approximate surface area is 117 Å². The highest BCUT2D eigenvalue weighted by atomic mass is 79.9. The Morgan fingerprint density at radius 2 is 2.28 bits per heavy atom. The summed E-state index contributed by atoms with van der Waals surface area (Å²) >= 11 is 9.09. The Morgan fingerprint density at radius 3 is 2.89 bits per heavy atom. The monoisotopic (exact) mass is 340 g/mol. The zero-order valence-electron chi connectivity index (χ0n) is 9.35. The molecule has 18 heavy (non-hydrogen) atoms. The van der Waals surface area contributed by atoms with Crippen LogP contribution in [0.1, 0.15) is 6.42 Å². The van der Waals surface area contributed by atoms with Gasteiger partial charge in [-0.15, -0.1) is 0 Å². The summed E-state index contributed by atoms with van der Waals surface area (Å²) in [6, 6.07) is 3.30.